The Hall–Kier alpha value is 0.680. The molecule has 1 nitrogen and oxygen atoms in total. The third-order valence-corrected chi connectivity index (χ3v) is 2.40. The van der Waals surface area contributed by atoms with E-state index in [2.05, 4.69) is 20.0 Å². The molecular formula is C5H15ClNP. The van der Waals surface area contributed by atoms with E-state index in [1.807, 2.05) is 0 Å². The van der Waals surface area contributed by atoms with Crippen LogP contribution < -0.4 is 18.1 Å². The first-order valence-electron chi connectivity index (χ1n) is 2.57. The monoisotopic (exact) mass is 155 g/mol. The maximum absolute atomic E-state index is 5.34. The standard InChI is InChI=1S/C5H15NP.ClH/c1-7(2,3)5-4-6;/h4-6H2,1-3H3;1H/q+1;/p-1. The molecule has 0 saturated heterocycles. The summed E-state index contributed by atoms with van der Waals surface area (Å²) in [5.74, 6) is 0. The molecule has 3 heteroatoms. The molecule has 0 unspecified atom stereocenters. The second kappa shape index (κ2) is 4.55. The minimum absolute atomic E-state index is 0. The molecule has 0 bridgehead atoms. The third-order valence-electron chi connectivity index (χ3n) is 0.800. The summed E-state index contributed by atoms with van der Waals surface area (Å²) in [6, 6.07) is 0. The molecular weight excluding hydrogens is 140 g/mol. The summed E-state index contributed by atoms with van der Waals surface area (Å²) < 4.78 is 0. The van der Waals surface area contributed by atoms with Crippen LogP contribution in [0, 0.1) is 0 Å². The average molecular weight is 156 g/mol. The maximum atomic E-state index is 5.34. The van der Waals surface area contributed by atoms with Gasteiger partial charge >= 0.3 is 0 Å². The third kappa shape index (κ3) is 9.84. The van der Waals surface area contributed by atoms with Crippen molar-refractivity contribution in [1.82, 2.24) is 0 Å². The number of rotatable bonds is 2. The van der Waals surface area contributed by atoms with Crippen molar-refractivity contribution in [3.8, 4) is 0 Å². The lowest BCUT2D eigenvalue weighted by Gasteiger charge is -2.07. The largest absolute Gasteiger partial charge is 1.00 e. The minimum Gasteiger partial charge on any atom is -1.00 e. The Morgan fingerprint density at radius 2 is 1.62 bits per heavy atom. The van der Waals surface area contributed by atoms with Gasteiger partial charge < -0.3 is 18.1 Å². The van der Waals surface area contributed by atoms with Crippen LogP contribution in [0.3, 0.4) is 0 Å². The lowest BCUT2D eigenvalue weighted by molar-refractivity contribution is -0.00000194. The molecule has 0 atom stereocenters. The van der Waals surface area contributed by atoms with E-state index in [4.69, 9.17) is 5.73 Å². The highest BCUT2D eigenvalue weighted by Crippen LogP contribution is 2.45. The van der Waals surface area contributed by atoms with Gasteiger partial charge in [0.2, 0.25) is 0 Å². The molecule has 0 aliphatic heterocycles. The van der Waals surface area contributed by atoms with E-state index in [0.29, 0.717) is 0 Å². The van der Waals surface area contributed by atoms with Gasteiger partial charge in [-0.15, -0.1) is 0 Å². The van der Waals surface area contributed by atoms with E-state index < -0.39 is 7.26 Å². The molecule has 0 fully saturated rings. The highest BCUT2D eigenvalue weighted by molar-refractivity contribution is 7.73. The fourth-order valence-corrected chi connectivity index (χ4v) is 1.16. The molecule has 0 heterocycles. The fourth-order valence-electron chi connectivity index (χ4n) is 0.387. The van der Waals surface area contributed by atoms with Crippen molar-refractivity contribution in [2.45, 2.75) is 0 Å². The van der Waals surface area contributed by atoms with Gasteiger partial charge in [-0.25, -0.2) is 0 Å². The molecule has 0 aliphatic carbocycles. The number of hydrogen-bond acceptors (Lipinski definition) is 1. The van der Waals surface area contributed by atoms with Gasteiger partial charge in [0.25, 0.3) is 0 Å². The molecule has 0 spiro atoms. The van der Waals surface area contributed by atoms with Crippen LogP contribution in [-0.2, 0) is 0 Å². The highest BCUT2D eigenvalue weighted by atomic mass is 35.5. The van der Waals surface area contributed by atoms with Crippen LogP contribution in [0.5, 0.6) is 0 Å². The van der Waals surface area contributed by atoms with Gasteiger partial charge in [-0.3, -0.25) is 0 Å². The Morgan fingerprint density at radius 1 is 1.25 bits per heavy atom. The number of halogens is 1. The minimum atomic E-state index is -0.541. The summed E-state index contributed by atoms with van der Waals surface area (Å²) >= 11 is 0. The molecule has 0 amide bonds. The second-order valence-electron chi connectivity index (χ2n) is 2.80. The smallest absolute Gasteiger partial charge is 0.0708 e. The molecule has 8 heavy (non-hydrogen) atoms. The average Bonchev–Trinajstić information content (AvgIpc) is 1.30. The van der Waals surface area contributed by atoms with Crippen molar-refractivity contribution in [3.05, 3.63) is 0 Å². The van der Waals surface area contributed by atoms with E-state index in [9.17, 15) is 0 Å². The van der Waals surface area contributed by atoms with Crippen LogP contribution in [-0.4, -0.2) is 32.7 Å². The van der Waals surface area contributed by atoms with E-state index in [1.54, 1.807) is 0 Å². The van der Waals surface area contributed by atoms with Crippen LogP contribution in [0.15, 0.2) is 0 Å². The van der Waals surface area contributed by atoms with E-state index >= 15 is 0 Å². The SMILES string of the molecule is C[P+](C)(C)CCN.[Cl-]. The zero-order valence-corrected chi connectivity index (χ0v) is 7.47. The predicted octanol–water partition coefficient (Wildman–Crippen LogP) is -2.14. The number of nitrogens with two attached hydrogens (primary N) is 1. The first kappa shape index (κ1) is 11.5. The zero-order chi connectivity index (χ0) is 5.91. The van der Waals surface area contributed by atoms with Crippen LogP contribution in [0.4, 0.5) is 0 Å². The molecule has 0 aromatic heterocycles. The first-order valence-corrected chi connectivity index (χ1v) is 5.88. The molecule has 52 valence electrons. The van der Waals surface area contributed by atoms with Crippen molar-refractivity contribution in [2.24, 2.45) is 5.73 Å². The summed E-state index contributed by atoms with van der Waals surface area (Å²) in [6.07, 6.45) is 1.23. The Balaban J connectivity index is 0. The topological polar surface area (TPSA) is 26.0 Å². The van der Waals surface area contributed by atoms with Crippen LogP contribution in [0.2, 0.25) is 0 Å². The summed E-state index contributed by atoms with van der Waals surface area (Å²) in [5.41, 5.74) is 5.34. The van der Waals surface area contributed by atoms with Gasteiger partial charge in [-0.05, 0) is 0 Å². The molecule has 0 rings (SSSR count). The molecule has 0 aromatic carbocycles. The molecule has 0 saturated carbocycles. The maximum Gasteiger partial charge on any atom is 0.0708 e. The first-order chi connectivity index (χ1) is 3.06. The molecule has 0 aromatic rings. The van der Waals surface area contributed by atoms with Crippen molar-refractivity contribution >= 4 is 7.26 Å². The van der Waals surface area contributed by atoms with Gasteiger partial charge in [0.15, 0.2) is 0 Å². The molecule has 0 radical (unpaired) electrons. The van der Waals surface area contributed by atoms with Crippen molar-refractivity contribution in [1.29, 1.82) is 0 Å². The quantitative estimate of drug-likeness (QED) is 0.453. The van der Waals surface area contributed by atoms with Crippen LogP contribution >= 0.6 is 7.26 Å². The van der Waals surface area contributed by atoms with E-state index in [0.717, 1.165) is 6.54 Å². The van der Waals surface area contributed by atoms with Gasteiger partial charge in [0, 0.05) is 33.8 Å². The normalized spacial score (nSPS) is 10.5. The van der Waals surface area contributed by atoms with Gasteiger partial charge in [-0.2, -0.15) is 0 Å². The van der Waals surface area contributed by atoms with Crippen molar-refractivity contribution in [3.63, 3.8) is 0 Å². The summed E-state index contributed by atoms with van der Waals surface area (Å²) in [4.78, 5) is 0. The zero-order valence-electron chi connectivity index (χ0n) is 5.82. The van der Waals surface area contributed by atoms with Gasteiger partial charge in [0.05, 0.1) is 6.16 Å². The Kier molecular flexibility index (Phi) is 6.52. The molecule has 0 aliphatic rings. The summed E-state index contributed by atoms with van der Waals surface area (Å²) in [6.45, 7) is 7.77. The lowest BCUT2D eigenvalue weighted by Crippen LogP contribution is -3.00. The van der Waals surface area contributed by atoms with Crippen LogP contribution in [0.25, 0.3) is 0 Å². The Bertz CT molecular complexity index is 50.9. The predicted molar refractivity (Wildman–Crippen MR) is 38.6 cm³/mol. The molecule has 2 N–H and O–H groups in total. The van der Waals surface area contributed by atoms with Gasteiger partial charge in [-0.1, -0.05) is 0 Å². The fraction of sp³-hybridized carbons (Fsp3) is 1.00. The highest BCUT2D eigenvalue weighted by Gasteiger charge is 2.13. The Labute approximate surface area is 58.8 Å². The lowest BCUT2D eigenvalue weighted by atomic mass is 10.8. The van der Waals surface area contributed by atoms with Gasteiger partial charge in [0.1, 0.15) is 0 Å². The summed E-state index contributed by atoms with van der Waals surface area (Å²) in [7, 11) is -0.541. The van der Waals surface area contributed by atoms with Crippen molar-refractivity contribution < 1.29 is 12.4 Å². The van der Waals surface area contributed by atoms with Crippen LogP contribution in [0.1, 0.15) is 0 Å². The summed E-state index contributed by atoms with van der Waals surface area (Å²) in [5, 5.41) is 0. The Morgan fingerprint density at radius 3 is 1.62 bits per heavy atom. The van der Waals surface area contributed by atoms with E-state index in [-0.39, 0.29) is 12.4 Å². The van der Waals surface area contributed by atoms with E-state index in [1.165, 1.54) is 6.16 Å². The second-order valence-corrected chi connectivity index (χ2v) is 7.83. The van der Waals surface area contributed by atoms with Crippen molar-refractivity contribution in [2.75, 3.05) is 32.7 Å². The number of hydrogen-bond donors (Lipinski definition) is 1.